The first-order valence-electron chi connectivity index (χ1n) is 9.02. The number of fused-ring (bicyclic) bond motifs is 1. The number of non-ortho nitro benzene ring substituents is 1. The quantitative estimate of drug-likeness (QED) is 0.277. The molecule has 0 bridgehead atoms. The molecule has 0 aliphatic rings. The van der Waals surface area contributed by atoms with Crippen LogP contribution >= 0.6 is 0 Å². The van der Waals surface area contributed by atoms with Crippen LogP contribution in [0.5, 0.6) is 0 Å². The zero-order valence-corrected chi connectivity index (χ0v) is 15.0. The topological polar surface area (TPSA) is 76.0 Å². The minimum absolute atomic E-state index is 0.0363. The fourth-order valence-corrected chi connectivity index (χ4v) is 3.55. The van der Waals surface area contributed by atoms with Crippen LogP contribution in [0.4, 0.5) is 5.69 Å². The number of H-pyrrole nitrogens is 1. The Balaban J connectivity index is 1.76. The van der Waals surface area contributed by atoms with E-state index in [-0.39, 0.29) is 23.8 Å². The molecule has 0 fully saturated rings. The van der Waals surface area contributed by atoms with Crippen LogP contribution < -0.4 is 0 Å². The van der Waals surface area contributed by atoms with E-state index in [4.69, 9.17) is 0 Å². The van der Waals surface area contributed by atoms with E-state index in [1.54, 1.807) is 12.1 Å². The van der Waals surface area contributed by atoms with E-state index in [2.05, 4.69) is 4.98 Å². The van der Waals surface area contributed by atoms with E-state index < -0.39 is 4.92 Å². The molecule has 1 N–H and O–H groups in total. The molecule has 138 valence electrons. The zero-order valence-electron chi connectivity index (χ0n) is 15.0. The highest BCUT2D eigenvalue weighted by molar-refractivity contribution is 5.97. The number of hydrogen-bond donors (Lipinski definition) is 1. The summed E-state index contributed by atoms with van der Waals surface area (Å²) in [6.07, 6.45) is 2.21. The average molecular weight is 370 g/mol. The Morgan fingerprint density at radius 3 is 2.32 bits per heavy atom. The van der Waals surface area contributed by atoms with Gasteiger partial charge in [-0.25, -0.2) is 0 Å². The van der Waals surface area contributed by atoms with Crippen molar-refractivity contribution < 1.29 is 9.72 Å². The first-order chi connectivity index (χ1) is 13.6. The third-order valence-corrected chi connectivity index (χ3v) is 4.99. The van der Waals surface area contributed by atoms with Gasteiger partial charge in [0.15, 0.2) is 5.78 Å². The standard InChI is InChI=1S/C23H18N2O3/c26-23(17-6-2-1-3-7-17)14-20(16-10-12-18(13-11-16)25(27)28)21-15-24-22-9-5-4-8-19(21)22/h1-13,15,20,24H,14H2. The molecule has 0 saturated carbocycles. The summed E-state index contributed by atoms with van der Waals surface area (Å²) in [4.78, 5) is 26.8. The maximum absolute atomic E-state index is 12.9. The molecule has 5 nitrogen and oxygen atoms in total. The number of aromatic nitrogens is 1. The van der Waals surface area contributed by atoms with Gasteiger partial charge in [0, 0.05) is 47.1 Å². The monoisotopic (exact) mass is 370 g/mol. The predicted molar refractivity (Wildman–Crippen MR) is 109 cm³/mol. The number of rotatable bonds is 6. The lowest BCUT2D eigenvalue weighted by Crippen LogP contribution is -2.09. The van der Waals surface area contributed by atoms with Gasteiger partial charge in [0.25, 0.3) is 5.69 Å². The molecule has 28 heavy (non-hydrogen) atoms. The number of nitrogens with one attached hydrogen (secondary N) is 1. The van der Waals surface area contributed by atoms with E-state index in [0.717, 1.165) is 22.0 Å². The third kappa shape index (κ3) is 3.42. The van der Waals surface area contributed by atoms with Crippen LogP contribution in [-0.2, 0) is 0 Å². The second-order valence-electron chi connectivity index (χ2n) is 6.68. The summed E-state index contributed by atoms with van der Waals surface area (Å²) >= 11 is 0. The number of nitrogens with zero attached hydrogens (tertiary/aromatic N) is 1. The molecule has 5 heteroatoms. The number of ketones is 1. The van der Waals surface area contributed by atoms with E-state index in [9.17, 15) is 14.9 Å². The van der Waals surface area contributed by atoms with Gasteiger partial charge < -0.3 is 4.98 Å². The second kappa shape index (κ2) is 7.48. The molecule has 4 aromatic rings. The largest absolute Gasteiger partial charge is 0.361 e. The van der Waals surface area contributed by atoms with Gasteiger partial charge in [-0.1, -0.05) is 60.7 Å². The molecule has 0 radical (unpaired) electrons. The highest BCUT2D eigenvalue weighted by Gasteiger charge is 2.22. The number of hydrogen-bond acceptors (Lipinski definition) is 3. The number of carbonyl (C=O) groups is 1. The molecule has 1 unspecified atom stereocenters. The fraction of sp³-hybridized carbons (Fsp3) is 0.0870. The van der Waals surface area contributed by atoms with E-state index in [1.165, 1.54) is 12.1 Å². The molecule has 1 heterocycles. The summed E-state index contributed by atoms with van der Waals surface area (Å²) in [5.41, 5.74) is 3.58. The van der Waals surface area contributed by atoms with Crippen LogP contribution in [-0.4, -0.2) is 15.7 Å². The predicted octanol–water partition coefficient (Wildman–Crippen LogP) is 5.48. The molecule has 0 saturated heterocycles. The number of benzene rings is 3. The molecule has 1 atom stereocenters. The summed E-state index contributed by atoms with van der Waals surface area (Å²) in [5, 5.41) is 12.0. The number of para-hydroxylation sites is 1. The van der Waals surface area contributed by atoms with Gasteiger partial charge in [-0.05, 0) is 17.2 Å². The molecule has 3 aromatic carbocycles. The Hall–Kier alpha value is -3.73. The van der Waals surface area contributed by atoms with Crippen molar-refractivity contribution in [1.82, 2.24) is 4.98 Å². The lowest BCUT2D eigenvalue weighted by molar-refractivity contribution is -0.384. The first-order valence-corrected chi connectivity index (χ1v) is 9.02. The van der Waals surface area contributed by atoms with Crippen molar-refractivity contribution >= 4 is 22.4 Å². The van der Waals surface area contributed by atoms with Crippen LogP contribution in [0, 0.1) is 10.1 Å². The van der Waals surface area contributed by atoms with Crippen molar-refractivity contribution in [2.75, 3.05) is 0 Å². The van der Waals surface area contributed by atoms with Gasteiger partial charge in [-0.15, -0.1) is 0 Å². The minimum atomic E-state index is -0.417. The van der Waals surface area contributed by atoms with Crippen LogP contribution in [0.2, 0.25) is 0 Å². The van der Waals surface area contributed by atoms with Crippen LogP contribution in [0.1, 0.15) is 33.8 Å². The summed E-state index contributed by atoms with van der Waals surface area (Å²) in [5.74, 6) is -0.168. The van der Waals surface area contributed by atoms with Gasteiger partial charge in [0.05, 0.1) is 4.92 Å². The molecule has 0 amide bonds. The molecule has 0 spiro atoms. The normalized spacial score (nSPS) is 12.0. The third-order valence-electron chi connectivity index (χ3n) is 4.99. The molecule has 4 rings (SSSR count). The Bertz CT molecular complexity index is 1130. The molecular formula is C23H18N2O3. The van der Waals surface area contributed by atoms with Gasteiger partial charge in [0.1, 0.15) is 0 Å². The van der Waals surface area contributed by atoms with Crippen LogP contribution in [0.15, 0.2) is 85.1 Å². The summed E-state index contributed by atoms with van der Waals surface area (Å²) in [7, 11) is 0. The SMILES string of the molecule is O=C(CC(c1ccc([N+](=O)[O-])cc1)c1c[nH]c2ccccc12)c1ccccc1. The fourth-order valence-electron chi connectivity index (χ4n) is 3.55. The van der Waals surface area contributed by atoms with E-state index in [1.807, 2.05) is 60.8 Å². The Labute approximate surface area is 161 Å². The van der Waals surface area contributed by atoms with E-state index in [0.29, 0.717) is 5.56 Å². The zero-order chi connectivity index (χ0) is 19.5. The Morgan fingerprint density at radius 1 is 0.929 bits per heavy atom. The number of nitro groups is 1. The number of carbonyl (C=O) groups excluding carboxylic acids is 1. The van der Waals surface area contributed by atoms with Gasteiger partial charge in [-0.3, -0.25) is 14.9 Å². The lowest BCUT2D eigenvalue weighted by atomic mass is 9.85. The molecule has 0 aliphatic heterocycles. The van der Waals surface area contributed by atoms with Crippen molar-refractivity contribution in [1.29, 1.82) is 0 Å². The van der Waals surface area contributed by atoms with Crippen LogP contribution in [0.3, 0.4) is 0 Å². The lowest BCUT2D eigenvalue weighted by Gasteiger charge is -2.17. The maximum Gasteiger partial charge on any atom is 0.269 e. The molecular weight excluding hydrogens is 352 g/mol. The molecule has 1 aromatic heterocycles. The number of aromatic amines is 1. The smallest absolute Gasteiger partial charge is 0.269 e. The second-order valence-corrected chi connectivity index (χ2v) is 6.68. The summed E-state index contributed by atoms with van der Waals surface area (Å²) in [6.45, 7) is 0. The molecule has 0 aliphatic carbocycles. The van der Waals surface area contributed by atoms with E-state index >= 15 is 0 Å². The highest BCUT2D eigenvalue weighted by atomic mass is 16.6. The minimum Gasteiger partial charge on any atom is -0.361 e. The van der Waals surface area contributed by atoms with Gasteiger partial charge in [0.2, 0.25) is 0 Å². The van der Waals surface area contributed by atoms with Crippen LogP contribution in [0.25, 0.3) is 10.9 Å². The highest BCUT2D eigenvalue weighted by Crippen LogP contribution is 2.35. The van der Waals surface area contributed by atoms with Crippen molar-refractivity contribution in [3.8, 4) is 0 Å². The van der Waals surface area contributed by atoms with Gasteiger partial charge in [-0.2, -0.15) is 0 Å². The number of nitro benzene ring substituents is 1. The summed E-state index contributed by atoms with van der Waals surface area (Å²) in [6, 6.07) is 23.6. The summed E-state index contributed by atoms with van der Waals surface area (Å²) < 4.78 is 0. The average Bonchev–Trinajstić information content (AvgIpc) is 3.16. The number of Topliss-reactive ketones (excluding diaryl/α,β-unsaturated/α-hetero) is 1. The van der Waals surface area contributed by atoms with Crippen molar-refractivity contribution in [3.05, 3.63) is 112 Å². The van der Waals surface area contributed by atoms with Crippen molar-refractivity contribution in [2.24, 2.45) is 0 Å². The Kier molecular flexibility index (Phi) is 4.72. The Morgan fingerprint density at radius 2 is 1.61 bits per heavy atom. The maximum atomic E-state index is 12.9. The van der Waals surface area contributed by atoms with Gasteiger partial charge >= 0.3 is 0 Å². The van der Waals surface area contributed by atoms with Crippen molar-refractivity contribution in [2.45, 2.75) is 12.3 Å². The van der Waals surface area contributed by atoms with Crippen molar-refractivity contribution in [3.63, 3.8) is 0 Å². The first kappa shape index (κ1) is 17.7.